The summed E-state index contributed by atoms with van der Waals surface area (Å²) in [5, 5.41) is 8.58. The molecule has 18 heavy (non-hydrogen) atoms. The molecule has 4 nitrogen and oxygen atoms in total. The summed E-state index contributed by atoms with van der Waals surface area (Å²) in [6.45, 7) is 0.434. The summed E-state index contributed by atoms with van der Waals surface area (Å²) in [5.41, 5.74) is 0.925. The molecule has 1 heterocycles. The van der Waals surface area contributed by atoms with Gasteiger partial charge in [-0.2, -0.15) is 0 Å². The highest BCUT2D eigenvalue weighted by molar-refractivity contribution is 5.80. The van der Waals surface area contributed by atoms with Crippen LogP contribution in [-0.2, 0) is 16.0 Å². The summed E-state index contributed by atoms with van der Waals surface area (Å²) >= 11 is 0. The molecule has 2 rings (SSSR count). The average molecular weight is 251 g/mol. The lowest BCUT2D eigenvalue weighted by Crippen LogP contribution is -2.09. The van der Waals surface area contributed by atoms with Gasteiger partial charge in [-0.1, -0.05) is 12.1 Å². The van der Waals surface area contributed by atoms with Crippen LogP contribution in [0.1, 0.15) is 18.4 Å². The van der Waals surface area contributed by atoms with Gasteiger partial charge in [-0.3, -0.25) is 4.79 Å². The second-order valence-electron chi connectivity index (χ2n) is 4.22. The van der Waals surface area contributed by atoms with E-state index < -0.39 is 5.97 Å². The Kier molecular flexibility index (Phi) is 3.92. The van der Waals surface area contributed by atoms with Gasteiger partial charge in [0, 0.05) is 12.8 Å². The zero-order valence-corrected chi connectivity index (χ0v) is 9.80. The lowest BCUT2D eigenvalue weighted by Gasteiger charge is -2.01. The van der Waals surface area contributed by atoms with Crippen LogP contribution in [0, 0.1) is 5.82 Å². The minimum absolute atomic E-state index is 0.0726. The smallest absolute Gasteiger partial charge is 0.303 e. The topological polar surface area (TPSA) is 58.9 Å². The Bertz CT molecular complexity index is 456. The first-order valence-electron chi connectivity index (χ1n) is 5.79. The number of carbonyl (C=O) groups is 1. The van der Waals surface area contributed by atoms with Crippen molar-refractivity contribution in [2.75, 3.05) is 6.61 Å². The summed E-state index contributed by atoms with van der Waals surface area (Å²) in [4.78, 5) is 14.8. The van der Waals surface area contributed by atoms with Gasteiger partial charge in [-0.25, -0.2) is 9.38 Å². The number of nitrogens with zero attached hydrogens (tertiary/aromatic N) is 1. The van der Waals surface area contributed by atoms with Crippen LogP contribution < -0.4 is 0 Å². The first-order chi connectivity index (χ1) is 8.63. The summed E-state index contributed by atoms with van der Waals surface area (Å²) in [7, 11) is 0. The van der Waals surface area contributed by atoms with Crippen molar-refractivity contribution in [2.45, 2.75) is 25.3 Å². The number of carboxylic acid groups (broad SMARTS) is 1. The molecule has 5 heteroatoms. The van der Waals surface area contributed by atoms with Gasteiger partial charge in [0.15, 0.2) is 5.90 Å². The number of hydrogen-bond acceptors (Lipinski definition) is 3. The molecule has 1 unspecified atom stereocenters. The Morgan fingerprint density at radius 2 is 2.17 bits per heavy atom. The molecular weight excluding hydrogens is 237 g/mol. The molecule has 1 aromatic rings. The number of carboxylic acids is 1. The Morgan fingerprint density at radius 1 is 1.44 bits per heavy atom. The van der Waals surface area contributed by atoms with Gasteiger partial charge < -0.3 is 9.84 Å². The third-order valence-corrected chi connectivity index (χ3v) is 2.73. The molecule has 1 aliphatic heterocycles. The highest BCUT2D eigenvalue weighted by atomic mass is 19.1. The molecule has 0 bridgehead atoms. The van der Waals surface area contributed by atoms with Crippen LogP contribution >= 0.6 is 0 Å². The van der Waals surface area contributed by atoms with Gasteiger partial charge >= 0.3 is 5.97 Å². The first kappa shape index (κ1) is 12.5. The Balaban J connectivity index is 1.88. The van der Waals surface area contributed by atoms with E-state index in [0.717, 1.165) is 5.56 Å². The monoisotopic (exact) mass is 251 g/mol. The lowest BCUT2D eigenvalue weighted by molar-refractivity contribution is -0.137. The molecule has 1 aliphatic rings. The number of rotatable bonds is 5. The predicted octanol–water partition coefficient (Wildman–Crippen LogP) is 2.03. The van der Waals surface area contributed by atoms with Gasteiger partial charge in [0.2, 0.25) is 0 Å². The molecule has 1 atom stereocenters. The van der Waals surface area contributed by atoms with Crippen LogP contribution in [0.15, 0.2) is 29.3 Å². The fourth-order valence-corrected chi connectivity index (χ4v) is 1.78. The van der Waals surface area contributed by atoms with E-state index in [1.54, 1.807) is 12.1 Å². The van der Waals surface area contributed by atoms with Crippen molar-refractivity contribution in [2.24, 2.45) is 4.99 Å². The second kappa shape index (κ2) is 5.62. The molecule has 96 valence electrons. The van der Waals surface area contributed by atoms with E-state index in [2.05, 4.69) is 4.99 Å². The minimum atomic E-state index is -0.822. The lowest BCUT2D eigenvalue weighted by atomic mass is 10.1. The number of aliphatic imine (C=N–C) groups is 1. The van der Waals surface area contributed by atoms with E-state index in [1.165, 1.54) is 12.1 Å². The molecule has 0 spiro atoms. The van der Waals surface area contributed by atoms with E-state index >= 15 is 0 Å². The normalized spacial score (nSPS) is 18.3. The first-order valence-corrected chi connectivity index (χ1v) is 5.79. The number of ether oxygens (including phenoxy) is 1. The van der Waals surface area contributed by atoms with Crippen LogP contribution in [0.25, 0.3) is 0 Å². The fourth-order valence-electron chi connectivity index (χ4n) is 1.78. The van der Waals surface area contributed by atoms with Gasteiger partial charge in [0.05, 0.1) is 6.04 Å². The quantitative estimate of drug-likeness (QED) is 0.871. The van der Waals surface area contributed by atoms with Gasteiger partial charge in [-0.15, -0.1) is 0 Å². The van der Waals surface area contributed by atoms with Crippen molar-refractivity contribution in [3.05, 3.63) is 35.6 Å². The van der Waals surface area contributed by atoms with Crippen molar-refractivity contribution in [1.29, 1.82) is 0 Å². The Labute approximate surface area is 104 Å². The summed E-state index contributed by atoms with van der Waals surface area (Å²) in [6, 6.07) is 6.09. The zero-order valence-electron chi connectivity index (χ0n) is 9.80. The second-order valence-corrected chi connectivity index (χ2v) is 4.22. The minimum Gasteiger partial charge on any atom is -0.481 e. The largest absolute Gasteiger partial charge is 0.481 e. The predicted molar refractivity (Wildman–Crippen MR) is 64.1 cm³/mol. The van der Waals surface area contributed by atoms with Gasteiger partial charge in [-0.05, 0) is 24.1 Å². The molecule has 0 amide bonds. The standard InChI is InChI=1S/C13H14FNO3/c14-10-3-1-9(2-4-10)7-12-15-11(8-18-12)5-6-13(16)17/h1-4,11H,5-8H2,(H,16,17). The molecule has 0 radical (unpaired) electrons. The third kappa shape index (κ3) is 3.55. The number of hydrogen-bond donors (Lipinski definition) is 1. The van der Waals surface area contributed by atoms with Gasteiger partial charge in [0.1, 0.15) is 12.4 Å². The highest BCUT2D eigenvalue weighted by Crippen LogP contribution is 2.14. The van der Waals surface area contributed by atoms with Crippen LogP contribution in [0.5, 0.6) is 0 Å². The summed E-state index contributed by atoms with van der Waals surface area (Å²) in [6.07, 6.45) is 1.10. The highest BCUT2D eigenvalue weighted by Gasteiger charge is 2.19. The van der Waals surface area contributed by atoms with Crippen LogP contribution in [0.4, 0.5) is 4.39 Å². The molecule has 0 saturated carbocycles. The molecule has 0 fully saturated rings. The van der Waals surface area contributed by atoms with E-state index in [-0.39, 0.29) is 18.3 Å². The van der Waals surface area contributed by atoms with Crippen molar-refractivity contribution in [3.8, 4) is 0 Å². The summed E-state index contributed by atoms with van der Waals surface area (Å²) in [5.74, 6) is -0.499. The van der Waals surface area contributed by atoms with E-state index in [1.807, 2.05) is 0 Å². The summed E-state index contributed by atoms with van der Waals surface area (Å²) < 4.78 is 18.1. The molecule has 0 aromatic heterocycles. The number of halogens is 1. The van der Waals surface area contributed by atoms with Crippen LogP contribution in [0.3, 0.4) is 0 Å². The van der Waals surface area contributed by atoms with Crippen molar-refractivity contribution < 1.29 is 19.0 Å². The maximum absolute atomic E-state index is 12.7. The maximum Gasteiger partial charge on any atom is 0.303 e. The average Bonchev–Trinajstić information content (AvgIpc) is 2.77. The molecule has 0 saturated heterocycles. The number of aliphatic carboxylic acids is 1. The van der Waals surface area contributed by atoms with E-state index in [0.29, 0.717) is 25.3 Å². The molecule has 1 aromatic carbocycles. The molecular formula is C13H14FNO3. The van der Waals surface area contributed by atoms with Crippen molar-refractivity contribution in [3.63, 3.8) is 0 Å². The third-order valence-electron chi connectivity index (χ3n) is 2.73. The Hall–Kier alpha value is -1.91. The molecule has 0 aliphatic carbocycles. The SMILES string of the molecule is O=C(O)CCC1COC(Cc2ccc(F)cc2)=N1. The van der Waals surface area contributed by atoms with Crippen molar-refractivity contribution >= 4 is 11.9 Å². The van der Waals surface area contributed by atoms with Crippen LogP contribution in [0.2, 0.25) is 0 Å². The van der Waals surface area contributed by atoms with Crippen molar-refractivity contribution in [1.82, 2.24) is 0 Å². The van der Waals surface area contributed by atoms with E-state index in [4.69, 9.17) is 9.84 Å². The fraction of sp³-hybridized carbons (Fsp3) is 0.385. The zero-order chi connectivity index (χ0) is 13.0. The number of benzene rings is 1. The Morgan fingerprint density at radius 3 is 2.83 bits per heavy atom. The van der Waals surface area contributed by atoms with E-state index in [9.17, 15) is 9.18 Å². The molecule has 1 N–H and O–H groups in total. The van der Waals surface area contributed by atoms with Gasteiger partial charge in [0.25, 0.3) is 0 Å². The van der Waals surface area contributed by atoms with Crippen LogP contribution in [-0.4, -0.2) is 29.6 Å². The maximum atomic E-state index is 12.7.